The Labute approximate surface area is 188 Å². The molecule has 1 aliphatic rings. The molecule has 10 heteroatoms. The van der Waals surface area contributed by atoms with Crippen molar-refractivity contribution in [3.05, 3.63) is 75.8 Å². The maximum Gasteiger partial charge on any atom is 0.260 e. The van der Waals surface area contributed by atoms with E-state index < -0.39 is 0 Å². The third-order valence-electron chi connectivity index (χ3n) is 5.51. The highest BCUT2D eigenvalue weighted by molar-refractivity contribution is 6.31. The van der Waals surface area contributed by atoms with Crippen molar-refractivity contribution in [2.24, 2.45) is 0 Å². The highest BCUT2D eigenvalue weighted by Crippen LogP contribution is 2.20. The third kappa shape index (κ3) is 3.82. The van der Waals surface area contributed by atoms with Crippen LogP contribution in [0.25, 0.3) is 16.6 Å². The van der Waals surface area contributed by atoms with Crippen molar-refractivity contribution in [1.29, 1.82) is 0 Å². The van der Waals surface area contributed by atoms with Crippen LogP contribution in [-0.2, 0) is 0 Å². The average molecular weight is 450 g/mol. The Kier molecular flexibility index (Phi) is 5.32. The van der Waals surface area contributed by atoms with E-state index in [-0.39, 0.29) is 11.5 Å². The Morgan fingerprint density at radius 3 is 2.66 bits per heavy atom. The minimum absolute atomic E-state index is 0.0747. The van der Waals surface area contributed by atoms with Crippen LogP contribution in [-0.4, -0.2) is 61.9 Å². The summed E-state index contributed by atoms with van der Waals surface area (Å²) < 4.78 is 0. The van der Waals surface area contributed by atoms with Crippen molar-refractivity contribution < 1.29 is 4.79 Å². The largest absolute Gasteiger partial charge is 0.340 e. The van der Waals surface area contributed by atoms with E-state index in [4.69, 9.17) is 11.6 Å². The number of carbonyl (C=O) groups excluding carboxylic acids is 1. The number of carbonyl (C=O) groups is 1. The van der Waals surface area contributed by atoms with Gasteiger partial charge in [0.2, 0.25) is 5.95 Å². The van der Waals surface area contributed by atoms with Crippen molar-refractivity contribution in [2.45, 2.75) is 6.42 Å². The number of nitrogens with zero attached hydrogens (tertiary/aromatic N) is 6. The van der Waals surface area contributed by atoms with E-state index in [2.05, 4.69) is 20.2 Å². The number of para-hydroxylation sites is 1. The first-order valence-corrected chi connectivity index (χ1v) is 10.7. The molecular formula is C22H20ClN7O2. The van der Waals surface area contributed by atoms with Crippen LogP contribution in [0.5, 0.6) is 0 Å². The molecule has 5 rings (SSSR count). The van der Waals surface area contributed by atoms with E-state index in [1.54, 1.807) is 36.7 Å². The van der Waals surface area contributed by atoms with Crippen molar-refractivity contribution in [1.82, 2.24) is 29.9 Å². The van der Waals surface area contributed by atoms with E-state index in [1.807, 2.05) is 28.0 Å². The number of hydrogen-bond donors (Lipinski definition) is 1. The lowest BCUT2D eigenvalue weighted by atomic mass is 10.1. The van der Waals surface area contributed by atoms with Gasteiger partial charge in [-0.05, 0) is 36.8 Å². The average Bonchev–Trinajstić information content (AvgIpc) is 3.23. The number of nitrogens with one attached hydrogen (secondary N) is 1. The van der Waals surface area contributed by atoms with Gasteiger partial charge in [0.1, 0.15) is 0 Å². The number of benzene rings is 2. The van der Waals surface area contributed by atoms with Crippen LogP contribution in [0.3, 0.4) is 0 Å². The molecule has 0 saturated carbocycles. The van der Waals surface area contributed by atoms with Gasteiger partial charge in [0.05, 0.1) is 34.5 Å². The summed E-state index contributed by atoms with van der Waals surface area (Å²) in [5, 5.41) is 9.27. The van der Waals surface area contributed by atoms with Crippen LogP contribution in [0.2, 0.25) is 5.02 Å². The molecule has 1 aliphatic heterocycles. The molecule has 0 radical (unpaired) electrons. The van der Waals surface area contributed by atoms with E-state index in [1.165, 1.54) is 4.80 Å². The molecule has 0 unspecified atom stereocenters. The molecule has 9 nitrogen and oxygen atoms in total. The van der Waals surface area contributed by atoms with Crippen LogP contribution in [0.15, 0.2) is 59.7 Å². The fraction of sp³-hybridized carbons (Fsp3) is 0.227. The molecule has 1 saturated heterocycles. The SMILES string of the molecule is O=C(c1ccccc1-n1nccn1)N1CCCN(c2nc3ccc(Cl)cc3c(=O)[nH]2)CC1. The summed E-state index contributed by atoms with van der Waals surface area (Å²) in [5.74, 6) is 0.426. The molecule has 1 amide bonds. The van der Waals surface area contributed by atoms with Crippen LogP contribution in [0, 0.1) is 0 Å². The lowest BCUT2D eigenvalue weighted by molar-refractivity contribution is 0.0766. The molecule has 0 atom stereocenters. The van der Waals surface area contributed by atoms with E-state index in [0.29, 0.717) is 59.3 Å². The number of aromatic amines is 1. The predicted octanol–water partition coefficient (Wildman–Crippen LogP) is 2.51. The molecule has 3 heterocycles. The Morgan fingerprint density at radius 1 is 1.00 bits per heavy atom. The summed E-state index contributed by atoms with van der Waals surface area (Å²) in [6.07, 6.45) is 3.91. The topological polar surface area (TPSA) is 100 Å². The second kappa shape index (κ2) is 8.43. The summed E-state index contributed by atoms with van der Waals surface area (Å²) in [6, 6.07) is 12.4. The standard InChI is InChI=1S/C22H20ClN7O2/c23-15-6-7-18-17(14-15)20(31)27-22(26-18)29-11-3-10-28(12-13-29)21(32)16-4-1-2-5-19(16)30-24-8-9-25-30/h1-2,4-9,14H,3,10-13H2,(H,26,27,31). The number of rotatable bonds is 3. The number of amides is 1. The molecule has 2 aromatic carbocycles. The van der Waals surface area contributed by atoms with E-state index >= 15 is 0 Å². The van der Waals surface area contributed by atoms with Crippen molar-refractivity contribution >= 4 is 34.4 Å². The highest BCUT2D eigenvalue weighted by Gasteiger charge is 2.24. The molecule has 4 aromatic rings. The molecule has 0 aliphatic carbocycles. The summed E-state index contributed by atoms with van der Waals surface area (Å²) >= 11 is 6.00. The molecule has 0 bridgehead atoms. The molecule has 1 N–H and O–H groups in total. The van der Waals surface area contributed by atoms with Gasteiger partial charge >= 0.3 is 0 Å². The first kappa shape index (κ1) is 20.2. The Hall–Kier alpha value is -3.72. The summed E-state index contributed by atoms with van der Waals surface area (Å²) in [6.45, 7) is 2.33. The molecular weight excluding hydrogens is 430 g/mol. The quantitative estimate of drug-likeness (QED) is 0.516. The zero-order valence-corrected chi connectivity index (χ0v) is 17.9. The van der Waals surface area contributed by atoms with Crippen molar-refractivity contribution in [3.8, 4) is 5.69 Å². The maximum absolute atomic E-state index is 13.3. The number of anilines is 1. The summed E-state index contributed by atoms with van der Waals surface area (Å²) in [4.78, 5) is 38.6. The first-order valence-electron chi connectivity index (χ1n) is 10.3. The number of H-pyrrole nitrogens is 1. The zero-order valence-electron chi connectivity index (χ0n) is 17.1. The monoisotopic (exact) mass is 449 g/mol. The van der Waals surface area contributed by atoms with Gasteiger partial charge < -0.3 is 9.80 Å². The minimum atomic E-state index is -0.231. The van der Waals surface area contributed by atoms with Gasteiger partial charge in [0.25, 0.3) is 11.5 Å². The summed E-state index contributed by atoms with van der Waals surface area (Å²) in [5.41, 5.74) is 1.55. The number of halogens is 1. The van der Waals surface area contributed by atoms with Crippen LogP contribution >= 0.6 is 11.6 Å². The van der Waals surface area contributed by atoms with Gasteiger partial charge in [0, 0.05) is 31.2 Å². The van der Waals surface area contributed by atoms with Gasteiger partial charge in [-0.15, -0.1) is 0 Å². The molecule has 32 heavy (non-hydrogen) atoms. The molecule has 0 spiro atoms. The Balaban J connectivity index is 1.37. The molecule has 1 fully saturated rings. The number of fused-ring (bicyclic) bond motifs is 1. The van der Waals surface area contributed by atoms with Crippen LogP contribution in [0.4, 0.5) is 5.95 Å². The zero-order chi connectivity index (χ0) is 22.1. The van der Waals surface area contributed by atoms with E-state index in [0.717, 1.165) is 6.42 Å². The van der Waals surface area contributed by atoms with Crippen LogP contribution in [0.1, 0.15) is 16.8 Å². The smallest absolute Gasteiger partial charge is 0.260 e. The highest BCUT2D eigenvalue weighted by atomic mass is 35.5. The number of hydrogen-bond acceptors (Lipinski definition) is 6. The number of aromatic nitrogens is 5. The normalized spacial score (nSPS) is 14.5. The summed E-state index contributed by atoms with van der Waals surface area (Å²) in [7, 11) is 0. The Morgan fingerprint density at radius 2 is 1.81 bits per heavy atom. The molecule has 2 aromatic heterocycles. The Bertz CT molecular complexity index is 1340. The van der Waals surface area contributed by atoms with Crippen molar-refractivity contribution in [3.63, 3.8) is 0 Å². The predicted molar refractivity (Wildman–Crippen MR) is 121 cm³/mol. The maximum atomic E-state index is 13.3. The lowest BCUT2D eigenvalue weighted by Crippen LogP contribution is -2.36. The van der Waals surface area contributed by atoms with Gasteiger partial charge in [-0.1, -0.05) is 23.7 Å². The van der Waals surface area contributed by atoms with Gasteiger partial charge in [-0.3, -0.25) is 14.6 Å². The minimum Gasteiger partial charge on any atom is -0.340 e. The second-order valence-electron chi connectivity index (χ2n) is 7.52. The molecule has 162 valence electrons. The lowest BCUT2D eigenvalue weighted by Gasteiger charge is -2.23. The third-order valence-corrected chi connectivity index (χ3v) is 5.74. The fourth-order valence-electron chi connectivity index (χ4n) is 3.92. The van der Waals surface area contributed by atoms with Gasteiger partial charge in [-0.25, -0.2) is 4.98 Å². The van der Waals surface area contributed by atoms with E-state index in [9.17, 15) is 9.59 Å². The van der Waals surface area contributed by atoms with Gasteiger partial charge in [0.15, 0.2) is 0 Å². The first-order chi connectivity index (χ1) is 15.6. The fourth-order valence-corrected chi connectivity index (χ4v) is 4.09. The van der Waals surface area contributed by atoms with Crippen molar-refractivity contribution in [2.75, 3.05) is 31.1 Å². The second-order valence-corrected chi connectivity index (χ2v) is 7.96. The van der Waals surface area contributed by atoms with Crippen LogP contribution < -0.4 is 10.5 Å². The van der Waals surface area contributed by atoms with Gasteiger partial charge in [-0.2, -0.15) is 15.0 Å².